The Morgan fingerprint density at radius 2 is 2.35 bits per heavy atom. The van der Waals surface area contributed by atoms with Gasteiger partial charge in [0.15, 0.2) is 0 Å². The van der Waals surface area contributed by atoms with Gasteiger partial charge in [0.05, 0.1) is 12.1 Å². The van der Waals surface area contributed by atoms with Gasteiger partial charge in [0.25, 0.3) is 0 Å². The average Bonchev–Trinajstić information content (AvgIpc) is 2.87. The van der Waals surface area contributed by atoms with Crippen molar-refractivity contribution in [1.29, 1.82) is 0 Å². The van der Waals surface area contributed by atoms with Crippen molar-refractivity contribution in [2.75, 3.05) is 0 Å². The maximum Gasteiger partial charge on any atom is 0.304 e. The zero-order chi connectivity index (χ0) is 12.5. The lowest BCUT2D eigenvalue weighted by Gasteiger charge is -2.19. The van der Waals surface area contributed by atoms with Crippen molar-refractivity contribution in [3.8, 4) is 10.6 Å². The number of hydrogen-bond acceptors (Lipinski definition) is 3. The summed E-state index contributed by atoms with van der Waals surface area (Å²) in [5, 5.41) is 11.7. The van der Waals surface area contributed by atoms with Crippen LogP contribution in [0.5, 0.6) is 0 Å². The van der Waals surface area contributed by atoms with E-state index in [0.29, 0.717) is 0 Å². The van der Waals surface area contributed by atoms with Crippen LogP contribution in [0, 0.1) is 0 Å². The molecule has 2 rings (SSSR count). The Bertz CT molecular complexity index is 514. The van der Waals surface area contributed by atoms with Gasteiger partial charge in [-0.3, -0.25) is 4.79 Å². The van der Waals surface area contributed by atoms with Crippen LogP contribution >= 0.6 is 11.3 Å². The van der Waals surface area contributed by atoms with Crippen LogP contribution in [0.15, 0.2) is 23.8 Å². The molecule has 0 bridgehead atoms. The fourth-order valence-corrected chi connectivity index (χ4v) is 2.65. The largest absolute Gasteiger partial charge is 0.481 e. The summed E-state index contributed by atoms with van der Waals surface area (Å²) < 4.78 is 0. The molecule has 5 heteroatoms. The topological polar surface area (TPSA) is 66.0 Å². The van der Waals surface area contributed by atoms with Crippen LogP contribution in [0.25, 0.3) is 10.6 Å². The van der Waals surface area contributed by atoms with E-state index >= 15 is 0 Å². The predicted molar refractivity (Wildman–Crippen MR) is 67.2 cm³/mol. The van der Waals surface area contributed by atoms with Crippen molar-refractivity contribution >= 4 is 17.3 Å². The van der Waals surface area contributed by atoms with Crippen LogP contribution < -0.4 is 0 Å². The number of carboxylic acids is 1. The first kappa shape index (κ1) is 11.9. The highest BCUT2D eigenvalue weighted by molar-refractivity contribution is 7.13. The van der Waals surface area contributed by atoms with Gasteiger partial charge in [-0.2, -0.15) is 0 Å². The van der Waals surface area contributed by atoms with E-state index in [2.05, 4.69) is 9.97 Å². The van der Waals surface area contributed by atoms with Crippen molar-refractivity contribution in [3.05, 3.63) is 29.5 Å². The number of aromatic nitrogens is 2. The molecule has 0 unspecified atom stereocenters. The van der Waals surface area contributed by atoms with Gasteiger partial charge in [0.2, 0.25) is 0 Å². The van der Waals surface area contributed by atoms with E-state index < -0.39 is 11.4 Å². The number of carbonyl (C=O) groups is 1. The zero-order valence-corrected chi connectivity index (χ0v) is 10.5. The molecule has 2 aromatic heterocycles. The molecule has 0 spiro atoms. The summed E-state index contributed by atoms with van der Waals surface area (Å²) in [4.78, 5) is 18.3. The maximum atomic E-state index is 10.8. The number of carboxylic acid groups (broad SMARTS) is 1. The van der Waals surface area contributed by atoms with E-state index in [1.165, 1.54) is 11.3 Å². The molecule has 0 fully saturated rings. The van der Waals surface area contributed by atoms with Crippen molar-refractivity contribution in [2.24, 2.45) is 0 Å². The standard InChI is InChI=1S/C12H14N2O2S/c1-12(2,5-10(15)16)9-7-17-11(14-9)8-3-4-13-6-8/h3-4,6-7,13H,5H2,1-2H3,(H,15,16). The molecule has 0 saturated heterocycles. The van der Waals surface area contributed by atoms with Gasteiger partial charge < -0.3 is 10.1 Å². The number of nitrogens with zero attached hydrogens (tertiary/aromatic N) is 1. The quantitative estimate of drug-likeness (QED) is 0.876. The second-order valence-electron chi connectivity index (χ2n) is 4.59. The summed E-state index contributed by atoms with van der Waals surface area (Å²) in [6.45, 7) is 3.80. The normalized spacial score (nSPS) is 11.6. The predicted octanol–water partition coefficient (Wildman–Crippen LogP) is 2.89. The minimum absolute atomic E-state index is 0.0866. The summed E-state index contributed by atoms with van der Waals surface area (Å²) >= 11 is 1.54. The smallest absolute Gasteiger partial charge is 0.304 e. The second-order valence-corrected chi connectivity index (χ2v) is 5.45. The number of hydrogen-bond donors (Lipinski definition) is 2. The van der Waals surface area contributed by atoms with Gasteiger partial charge in [-0.1, -0.05) is 13.8 Å². The molecular formula is C12H14N2O2S. The molecule has 0 aromatic carbocycles. The van der Waals surface area contributed by atoms with Crippen molar-refractivity contribution in [1.82, 2.24) is 9.97 Å². The van der Waals surface area contributed by atoms with E-state index in [1.54, 1.807) is 0 Å². The Morgan fingerprint density at radius 1 is 1.59 bits per heavy atom. The van der Waals surface area contributed by atoms with Crippen molar-refractivity contribution < 1.29 is 9.90 Å². The van der Waals surface area contributed by atoms with E-state index in [0.717, 1.165) is 16.3 Å². The first-order valence-corrected chi connectivity index (χ1v) is 6.18. The van der Waals surface area contributed by atoms with E-state index in [1.807, 2.05) is 37.7 Å². The van der Waals surface area contributed by atoms with E-state index in [-0.39, 0.29) is 6.42 Å². The minimum Gasteiger partial charge on any atom is -0.481 e. The minimum atomic E-state index is -0.800. The summed E-state index contributed by atoms with van der Waals surface area (Å²) in [5.41, 5.74) is 1.44. The van der Waals surface area contributed by atoms with Gasteiger partial charge in [0, 0.05) is 28.8 Å². The third kappa shape index (κ3) is 2.55. The van der Waals surface area contributed by atoms with Gasteiger partial charge in [-0.25, -0.2) is 4.98 Å². The third-order valence-electron chi connectivity index (χ3n) is 2.64. The zero-order valence-electron chi connectivity index (χ0n) is 9.73. The highest BCUT2D eigenvalue weighted by Gasteiger charge is 2.27. The molecule has 90 valence electrons. The number of aromatic amines is 1. The molecule has 0 aliphatic rings. The Labute approximate surface area is 103 Å². The molecule has 0 atom stereocenters. The Morgan fingerprint density at radius 3 is 2.94 bits per heavy atom. The molecule has 2 N–H and O–H groups in total. The number of aliphatic carboxylic acids is 1. The van der Waals surface area contributed by atoms with Gasteiger partial charge >= 0.3 is 5.97 Å². The second kappa shape index (κ2) is 4.33. The maximum absolute atomic E-state index is 10.8. The Kier molecular flexibility index (Phi) is 3.02. The summed E-state index contributed by atoms with van der Waals surface area (Å²) in [6, 6.07) is 1.95. The fraction of sp³-hybridized carbons (Fsp3) is 0.333. The molecule has 0 radical (unpaired) electrons. The van der Waals surface area contributed by atoms with Crippen LogP contribution in [0.3, 0.4) is 0 Å². The fourth-order valence-electron chi connectivity index (χ4n) is 1.64. The molecule has 0 amide bonds. The lowest BCUT2D eigenvalue weighted by atomic mass is 9.86. The third-order valence-corrected chi connectivity index (χ3v) is 3.53. The monoisotopic (exact) mass is 250 g/mol. The lowest BCUT2D eigenvalue weighted by Crippen LogP contribution is -2.22. The molecule has 0 aliphatic carbocycles. The summed E-state index contributed by atoms with van der Waals surface area (Å²) in [7, 11) is 0. The van der Waals surface area contributed by atoms with E-state index in [9.17, 15) is 4.79 Å². The van der Waals surface area contributed by atoms with Gasteiger partial charge in [-0.15, -0.1) is 11.3 Å². The highest BCUT2D eigenvalue weighted by atomic mass is 32.1. The average molecular weight is 250 g/mol. The first-order chi connectivity index (χ1) is 7.99. The Hall–Kier alpha value is -1.62. The first-order valence-electron chi connectivity index (χ1n) is 5.30. The highest BCUT2D eigenvalue weighted by Crippen LogP contribution is 2.31. The molecule has 0 aliphatic heterocycles. The van der Waals surface area contributed by atoms with Gasteiger partial charge in [0.1, 0.15) is 5.01 Å². The molecule has 2 heterocycles. The summed E-state index contributed by atoms with van der Waals surface area (Å²) in [5.74, 6) is -0.800. The van der Waals surface area contributed by atoms with Crippen LogP contribution in [0.4, 0.5) is 0 Å². The molecule has 17 heavy (non-hydrogen) atoms. The van der Waals surface area contributed by atoms with Gasteiger partial charge in [-0.05, 0) is 6.07 Å². The SMILES string of the molecule is CC(C)(CC(=O)O)c1csc(-c2cc[nH]c2)n1. The van der Waals surface area contributed by atoms with Crippen LogP contribution in [0.1, 0.15) is 26.0 Å². The van der Waals surface area contributed by atoms with Crippen molar-refractivity contribution in [3.63, 3.8) is 0 Å². The lowest BCUT2D eigenvalue weighted by molar-refractivity contribution is -0.138. The van der Waals surface area contributed by atoms with Crippen LogP contribution in [0.2, 0.25) is 0 Å². The number of H-pyrrole nitrogens is 1. The molecule has 0 saturated carbocycles. The van der Waals surface area contributed by atoms with Crippen molar-refractivity contribution in [2.45, 2.75) is 25.7 Å². The van der Waals surface area contributed by atoms with E-state index in [4.69, 9.17) is 5.11 Å². The Balaban J connectivity index is 2.26. The number of rotatable bonds is 4. The number of nitrogens with one attached hydrogen (secondary N) is 1. The van der Waals surface area contributed by atoms with Crippen LogP contribution in [-0.2, 0) is 10.2 Å². The molecule has 2 aromatic rings. The number of thiazole rings is 1. The molecule has 4 nitrogen and oxygen atoms in total. The summed E-state index contributed by atoms with van der Waals surface area (Å²) in [6.07, 6.45) is 3.81. The van der Waals surface area contributed by atoms with Crippen LogP contribution in [-0.4, -0.2) is 21.0 Å². The molecular weight excluding hydrogens is 236 g/mol.